The first-order valence-electron chi connectivity index (χ1n) is 9.85. The Bertz CT molecular complexity index is 1210. The fraction of sp³-hybridized carbons (Fsp3) is 0.227. The molecule has 10 nitrogen and oxygen atoms in total. The van der Waals surface area contributed by atoms with Gasteiger partial charge in [0.05, 0.1) is 18.5 Å². The molecule has 0 atom stereocenters. The molecule has 0 aliphatic rings. The van der Waals surface area contributed by atoms with Crippen LogP contribution in [-0.4, -0.2) is 52.7 Å². The van der Waals surface area contributed by atoms with Gasteiger partial charge in [-0.25, -0.2) is 4.98 Å². The van der Waals surface area contributed by atoms with Crippen LogP contribution in [-0.2, 0) is 9.53 Å². The molecule has 2 amide bonds. The molecular weight excluding hydrogens is 410 g/mol. The first-order chi connectivity index (χ1) is 15.3. The molecule has 0 bridgehead atoms. The zero-order valence-electron chi connectivity index (χ0n) is 18.1. The molecule has 0 aliphatic heterocycles. The predicted octanol–water partition coefficient (Wildman–Crippen LogP) is 2.21. The standard InChI is InChI=1S/C22H25N7O3/c1-12(13(2)23)19(24)22(31)28-16-8-15-10-17(29-20(15)27-11-16)14-4-5-25-18(9-14)21(30)26-6-7-32-3/h4-5,8-11,24H,6-7,23H2,1-3H3,(H,26,30)(H,27,29)(H,28,31)/b13-12-,24-19?. The number of amides is 2. The van der Waals surface area contributed by atoms with Crippen LogP contribution in [0, 0.1) is 5.41 Å². The van der Waals surface area contributed by atoms with Crippen LogP contribution in [0.2, 0.25) is 0 Å². The van der Waals surface area contributed by atoms with E-state index in [1.54, 1.807) is 45.4 Å². The number of fused-ring (bicyclic) bond motifs is 1. The quantitative estimate of drug-likeness (QED) is 0.269. The van der Waals surface area contributed by atoms with Crippen molar-refractivity contribution in [2.24, 2.45) is 5.73 Å². The largest absolute Gasteiger partial charge is 0.402 e. The Hall–Kier alpha value is -4.05. The first kappa shape index (κ1) is 22.6. The maximum absolute atomic E-state index is 12.3. The Kier molecular flexibility index (Phi) is 6.96. The number of hydrogen-bond donors (Lipinski definition) is 5. The van der Waals surface area contributed by atoms with Crippen LogP contribution >= 0.6 is 0 Å². The number of pyridine rings is 2. The molecule has 0 spiro atoms. The van der Waals surface area contributed by atoms with E-state index in [0.29, 0.717) is 35.8 Å². The average Bonchev–Trinajstić information content (AvgIpc) is 3.21. The number of H-pyrrole nitrogens is 1. The average molecular weight is 435 g/mol. The molecule has 0 aliphatic carbocycles. The van der Waals surface area contributed by atoms with E-state index in [4.69, 9.17) is 15.9 Å². The topological polar surface area (TPSA) is 159 Å². The molecule has 0 radical (unpaired) electrons. The van der Waals surface area contributed by atoms with Gasteiger partial charge in [-0.3, -0.25) is 20.0 Å². The zero-order valence-corrected chi connectivity index (χ0v) is 18.1. The molecule has 3 aromatic rings. The SMILES string of the molecule is COCCNC(=O)c1cc(-c2cc3cc(NC(=O)C(=N)/C(C)=C(/C)N)cnc3[nH]2)ccn1. The first-order valence-corrected chi connectivity index (χ1v) is 9.85. The highest BCUT2D eigenvalue weighted by Gasteiger charge is 2.14. The number of rotatable bonds is 8. The number of methoxy groups -OCH3 is 1. The molecule has 0 fully saturated rings. The Morgan fingerprint density at radius 1 is 1.22 bits per heavy atom. The van der Waals surface area contributed by atoms with Crippen molar-refractivity contribution in [3.8, 4) is 11.3 Å². The highest BCUT2D eigenvalue weighted by molar-refractivity contribution is 6.47. The summed E-state index contributed by atoms with van der Waals surface area (Å²) in [6, 6.07) is 7.08. The van der Waals surface area contributed by atoms with E-state index in [0.717, 1.165) is 16.6 Å². The number of aromatic nitrogens is 3. The summed E-state index contributed by atoms with van der Waals surface area (Å²) in [4.78, 5) is 36.2. The van der Waals surface area contributed by atoms with E-state index < -0.39 is 5.91 Å². The zero-order chi connectivity index (χ0) is 23.3. The number of nitrogens with two attached hydrogens (primary N) is 1. The third kappa shape index (κ3) is 5.16. The smallest absolute Gasteiger partial charge is 0.273 e. The van der Waals surface area contributed by atoms with Crippen LogP contribution in [0.5, 0.6) is 0 Å². The van der Waals surface area contributed by atoms with Crippen molar-refractivity contribution in [2.75, 3.05) is 25.6 Å². The van der Waals surface area contributed by atoms with Gasteiger partial charge in [-0.15, -0.1) is 0 Å². The van der Waals surface area contributed by atoms with Crippen molar-refractivity contribution in [3.05, 3.63) is 53.6 Å². The normalized spacial score (nSPS) is 11.7. The predicted molar refractivity (Wildman–Crippen MR) is 122 cm³/mol. The maximum atomic E-state index is 12.3. The van der Waals surface area contributed by atoms with Gasteiger partial charge >= 0.3 is 0 Å². The lowest BCUT2D eigenvalue weighted by Gasteiger charge is -2.07. The van der Waals surface area contributed by atoms with Gasteiger partial charge in [0, 0.05) is 42.2 Å². The van der Waals surface area contributed by atoms with E-state index >= 15 is 0 Å². The second kappa shape index (κ2) is 9.84. The number of aromatic amines is 1. The molecule has 10 heteroatoms. The van der Waals surface area contributed by atoms with Crippen molar-refractivity contribution in [1.29, 1.82) is 5.41 Å². The number of ether oxygens (including phenoxy) is 1. The Balaban J connectivity index is 1.80. The number of anilines is 1. The van der Waals surface area contributed by atoms with Crippen molar-refractivity contribution in [3.63, 3.8) is 0 Å². The minimum absolute atomic E-state index is 0.201. The summed E-state index contributed by atoms with van der Waals surface area (Å²) >= 11 is 0. The van der Waals surface area contributed by atoms with E-state index in [-0.39, 0.29) is 17.3 Å². The second-order valence-corrected chi connectivity index (χ2v) is 7.16. The van der Waals surface area contributed by atoms with Gasteiger partial charge in [0.2, 0.25) is 0 Å². The summed E-state index contributed by atoms with van der Waals surface area (Å²) in [7, 11) is 1.56. The van der Waals surface area contributed by atoms with Gasteiger partial charge in [-0.1, -0.05) is 0 Å². The fourth-order valence-electron chi connectivity index (χ4n) is 2.88. The molecule has 166 valence electrons. The summed E-state index contributed by atoms with van der Waals surface area (Å²) < 4.78 is 4.93. The third-order valence-corrected chi connectivity index (χ3v) is 4.82. The number of allylic oxidation sites excluding steroid dienone is 1. The minimum Gasteiger partial charge on any atom is -0.402 e. The third-order valence-electron chi connectivity index (χ3n) is 4.82. The highest BCUT2D eigenvalue weighted by atomic mass is 16.5. The van der Waals surface area contributed by atoms with Crippen molar-refractivity contribution < 1.29 is 14.3 Å². The number of carbonyl (C=O) groups excluding carboxylic acids is 2. The number of nitrogens with zero attached hydrogens (tertiary/aromatic N) is 2. The molecule has 32 heavy (non-hydrogen) atoms. The van der Waals surface area contributed by atoms with Gasteiger partial charge in [0.1, 0.15) is 17.1 Å². The molecular formula is C22H25N7O3. The second-order valence-electron chi connectivity index (χ2n) is 7.16. The number of nitrogens with one attached hydrogen (secondary N) is 4. The Morgan fingerprint density at radius 2 is 2.00 bits per heavy atom. The summed E-state index contributed by atoms with van der Waals surface area (Å²) in [5.74, 6) is -0.856. The molecule has 0 saturated carbocycles. The van der Waals surface area contributed by atoms with E-state index in [1.165, 1.54) is 6.20 Å². The van der Waals surface area contributed by atoms with Crippen LogP contribution in [0.4, 0.5) is 5.69 Å². The van der Waals surface area contributed by atoms with Gasteiger partial charge in [-0.2, -0.15) is 0 Å². The Morgan fingerprint density at radius 3 is 2.72 bits per heavy atom. The van der Waals surface area contributed by atoms with Crippen molar-refractivity contribution >= 4 is 34.2 Å². The number of hydrogen-bond acceptors (Lipinski definition) is 7. The van der Waals surface area contributed by atoms with E-state index in [9.17, 15) is 9.59 Å². The summed E-state index contributed by atoms with van der Waals surface area (Å²) in [5, 5.41) is 14.1. The molecule has 0 aromatic carbocycles. The monoisotopic (exact) mass is 435 g/mol. The van der Waals surface area contributed by atoms with Crippen molar-refractivity contribution in [1.82, 2.24) is 20.3 Å². The van der Waals surface area contributed by atoms with Gasteiger partial charge < -0.3 is 26.1 Å². The highest BCUT2D eigenvalue weighted by Crippen LogP contribution is 2.25. The van der Waals surface area contributed by atoms with Crippen LogP contribution < -0.4 is 16.4 Å². The molecule has 3 rings (SSSR count). The van der Waals surface area contributed by atoms with Gasteiger partial charge in [0.15, 0.2) is 0 Å². The Labute approximate surface area is 184 Å². The summed E-state index contributed by atoms with van der Waals surface area (Å²) in [6.07, 6.45) is 3.06. The lowest BCUT2D eigenvalue weighted by Crippen LogP contribution is -2.27. The lowest BCUT2D eigenvalue weighted by molar-refractivity contribution is -0.110. The molecule has 3 heterocycles. The maximum Gasteiger partial charge on any atom is 0.273 e. The number of carbonyl (C=O) groups is 2. The van der Waals surface area contributed by atoms with Crippen LogP contribution in [0.15, 0.2) is 47.9 Å². The molecule has 6 N–H and O–H groups in total. The van der Waals surface area contributed by atoms with Gasteiger partial charge in [-0.05, 0) is 43.7 Å². The molecule has 0 unspecified atom stereocenters. The van der Waals surface area contributed by atoms with Crippen LogP contribution in [0.1, 0.15) is 24.3 Å². The summed E-state index contributed by atoms with van der Waals surface area (Å²) in [5.41, 5.74) is 9.16. The minimum atomic E-state index is -0.567. The van der Waals surface area contributed by atoms with Gasteiger partial charge in [0.25, 0.3) is 11.8 Å². The van der Waals surface area contributed by atoms with Crippen LogP contribution in [0.3, 0.4) is 0 Å². The van der Waals surface area contributed by atoms with Crippen LogP contribution in [0.25, 0.3) is 22.3 Å². The fourth-order valence-corrected chi connectivity index (χ4v) is 2.88. The van der Waals surface area contributed by atoms with E-state index in [1.807, 2.05) is 6.07 Å². The van der Waals surface area contributed by atoms with Crippen molar-refractivity contribution in [2.45, 2.75) is 13.8 Å². The van der Waals surface area contributed by atoms with E-state index in [2.05, 4.69) is 25.6 Å². The summed E-state index contributed by atoms with van der Waals surface area (Å²) in [6.45, 7) is 4.07. The lowest BCUT2D eigenvalue weighted by atomic mass is 10.1. The molecule has 3 aromatic heterocycles. The molecule has 0 saturated heterocycles.